The first-order valence-corrected chi connectivity index (χ1v) is 8.59. The average molecular weight is 363 g/mol. The number of carbonyl (C=O) groups is 2. The van der Waals surface area contributed by atoms with Crippen LogP contribution in [0.2, 0.25) is 0 Å². The summed E-state index contributed by atoms with van der Waals surface area (Å²) in [4.78, 5) is 37.6. The number of amides is 2. The molecule has 2 heterocycles. The first kappa shape index (κ1) is 17.0. The van der Waals surface area contributed by atoms with Crippen molar-refractivity contribution in [2.45, 2.75) is 13.8 Å². The van der Waals surface area contributed by atoms with Gasteiger partial charge in [0.15, 0.2) is 0 Å². The van der Waals surface area contributed by atoms with E-state index in [1.165, 1.54) is 11.0 Å². The normalized spacial score (nSPS) is 13.3. The fraction of sp³-hybridized carbons (Fsp3) is 0.190. The van der Waals surface area contributed by atoms with Crippen LogP contribution in [0.3, 0.4) is 0 Å². The molecule has 6 nitrogen and oxygen atoms in total. The van der Waals surface area contributed by atoms with E-state index in [1.54, 1.807) is 30.3 Å². The Morgan fingerprint density at radius 2 is 1.63 bits per heavy atom. The van der Waals surface area contributed by atoms with E-state index in [2.05, 4.69) is 0 Å². The van der Waals surface area contributed by atoms with Crippen LogP contribution < -0.4 is 10.4 Å². The molecule has 4 rings (SSSR count). The second-order valence-electron chi connectivity index (χ2n) is 6.47. The molecular weight excluding hydrogens is 346 g/mol. The van der Waals surface area contributed by atoms with Gasteiger partial charge in [0.2, 0.25) is 0 Å². The van der Waals surface area contributed by atoms with Crippen molar-refractivity contribution >= 4 is 22.8 Å². The Morgan fingerprint density at radius 3 is 2.30 bits per heavy atom. The van der Waals surface area contributed by atoms with Crippen LogP contribution in [0.1, 0.15) is 31.8 Å². The monoisotopic (exact) mass is 363 g/mol. The first-order valence-electron chi connectivity index (χ1n) is 8.59. The lowest BCUT2D eigenvalue weighted by atomic mass is 10.1. The number of fused-ring (bicyclic) bond motifs is 2. The molecule has 3 aromatic rings. The van der Waals surface area contributed by atoms with Crippen molar-refractivity contribution in [2.75, 3.05) is 13.2 Å². The number of imide groups is 1. The quantitative estimate of drug-likeness (QED) is 0.526. The van der Waals surface area contributed by atoms with Crippen molar-refractivity contribution in [1.29, 1.82) is 0 Å². The van der Waals surface area contributed by atoms with Crippen LogP contribution in [0.4, 0.5) is 0 Å². The van der Waals surface area contributed by atoms with Gasteiger partial charge in [-0.25, -0.2) is 4.79 Å². The van der Waals surface area contributed by atoms with Gasteiger partial charge in [-0.3, -0.25) is 14.5 Å². The molecule has 0 radical (unpaired) electrons. The Balaban J connectivity index is 1.52. The van der Waals surface area contributed by atoms with Crippen LogP contribution in [0.5, 0.6) is 5.75 Å². The molecule has 0 aliphatic carbocycles. The largest absolute Gasteiger partial charge is 0.491 e. The summed E-state index contributed by atoms with van der Waals surface area (Å²) >= 11 is 0. The van der Waals surface area contributed by atoms with Gasteiger partial charge in [0.1, 0.15) is 17.9 Å². The maximum atomic E-state index is 12.4. The Morgan fingerprint density at radius 1 is 0.963 bits per heavy atom. The SMILES string of the molecule is Cc1cc(=O)oc2c(C)c(OCCN3C(=O)c4ccccc4C3=O)ccc12. The highest BCUT2D eigenvalue weighted by molar-refractivity contribution is 6.21. The maximum absolute atomic E-state index is 12.4. The Bertz CT molecular complexity index is 1110. The van der Waals surface area contributed by atoms with Crippen LogP contribution in [0, 0.1) is 13.8 Å². The lowest BCUT2D eigenvalue weighted by Gasteiger charge is -2.16. The highest BCUT2D eigenvalue weighted by atomic mass is 16.5. The molecule has 27 heavy (non-hydrogen) atoms. The van der Waals surface area contributed by atoms with E-state index in [-0.39, 0.29) is 25.0 Å². The van der Waals surface area contributed by atoms with Crippen LogP contribution in [-0.2, 0) is 0 Å². The zero-order valence-corrected chi connectivity index (χ0v) is 14.9. The van der Waals surface area contributed by atoms with Gasteiger partial charge in [-0.2, -0.15) is 0 Å². The number of benzene rings is 2. The molecule has 0 N–H and O–H groups in total. The highest BCUT2D eigenvalue weighted by Crippen LogP contribution is 2.28. The predicted molar refractivity (Wildman–Crippen MR) is 99.3 cm³/mol. The molecule has 0 saturated heterocycles. The fourth-order valence-electron chi connectivity index (χ4n) is 3.35. The number of rotatable bonds is 4. The molecule has 2 amide bonds. The summed E-state index contributed by atoms with van der Waals surface area (Å²) in [6.07, 6.45) is 0. The lowest BCUT2D eigenvalue weighted by molar-refractivity contribution is 0.0631. The van der Waals surface area contributed by atoms with E-state index >= 15 is 0 Å². The third kappa shape index (κ3) is 2.79. The lowest BCUT2D eigenvalue weighted by Crippen LogP contribution is -2.33. The fourth-order valence-corrected chi connectivity index (χ4v) is 3.35. The topological polar surface area (TPSA) is 76.8 Å². The van der Waals surface area contributed by atoms with Crippen LogP contribution in [0.15, 0.2) is 51.7 Å². The minimum absolute atomic E-state index is 0.140. The van der Waals surface area contributed by atoms with E-state index < -0.39 is 5.63 Å². The van der Waals surface area contributed by atoms with Crippen molar-refractivity contribution in [1.82, 2.24) is 4.90 Å². The van der Waals surface area contributed by atoms with Gasteiger partial charge in [-0.15, -0.1) is 0 Å². The van der Waals surface area contributed by atoms with Gasteiger partial charge >= 0.3 is 5.63 Å². The molecule has 0 atom stereocenters. The predicted octanol–water partition coefficient (Wildman–Crippen LogP) is 3.08. The van der Waals surface area contributed by atoms with Crippen molar-refractivity contribution in [3.05, 3.63) is 75.1 Å². The molecule has 1 aliphatic heterocycles. The maximum Gasteiger partial charge on any atom is 0.336 e. The number of hydrogen-bond acceptors (Lipinski definition) is 5. The Hall–Kier alpha value is -3.41. The van der Waals surface area contributed by atoms with Crippen molar-refractivity contribution in [2.24, 2.45) is 0 Å². The van der Waals surface area contributed by atoms with Gasteiger partial charge in [-0.1, -0.05) is 12.1 Å². The summed E-state index contributed by atoms with van der Waals surface area (Å²) in [5, 5.41) is 0.847. The van der Waals surface area contributed by atoms with E-state index in [0.717, 1.165) is 10.9 Å². The number of hydrogen-bond donors (Lipinski definition) is 0. The number of ether oxygens (including phenoxy) is 1. The average Bonchev–Trinajstić information content (AvgIpc) is 2.89. The molecule has 6 heteroatoms. The molecule has 1 aliphatic rings. The molecule has 0 fully saturated rings. The van der Waals surface area contributed by atoms with E-state index in [0.29, 0.717) is 28.0 Å². The minimum Gasteiger partial charge on any atom is -0.491 e. The zero-order chi connectivity index (χ0) is 19.1. The summed E-state index contributed by atoms with van der Waals surface area (Å²) in [5.74, 6) is -0.0695. The smallest absolute Gasteiger partial charge is 0.336 e. The number of carbonyl (C=O) groups excluding carboxylic acids is 2. The Labute approximate surface area is 155 Å². The standard InChI is InChI=1S/C21H17NO5/c1-12-11-18(23)27-19-13(2)17(8-7-14(12)19)26-10-9-22-20(24)15-5-3-4-6-16(15)21(22)25/h3-8,11H,9-10H2,1-2H3. The summed E-state index contributed by atoms with van der Waals surface area (Å²) < 4.78 is 11.1. The molecule has 0 spiro atoms. The zero-order valence-electron chi connectivity index (χ0n) is 14.9. The first-order chi connectivity index (χ1) is 13.0. The third-order valence-corrected chi connectivity index (χ3v) is 4.77. The van der Waals surface area contributed by atoms with Crippen LogP contribution in [-0.4, -0.2) is 29.9 Å². The molecule has 0 unspecified atom stereocenters. The van der Waals surface area contributed by atoms with E-state index in [9.17, 15) is 14.4 Å². The summed E-state index contributed by atoms with van der Waals surface area (Å²) in [5.41, 5.74) is 2.45. The summed E-state index contributed by atoms with van der Waals surface area (Å²) in [6.45, 7) is 3.94. The van der Waals surface area contributed by atoms with Gasteiger partial charge in [0.25, 0.3) is 11.8 Å². The van der Waals surface area contributed by atoms with Crippen molar-refractivity contribution in [3.63, 3.8) is 0 Å². The van der Waals surface area contributed by atoms with Gasteiger partial charge in [-0.05, 0) is 43.7 Å². The minimum atomic E-state index is -0.411. The van der Waals surface area contributed by atoms with Crippen molar-refractivity contribution < 1.29 is 18.7 Å². The van der Waals surface area contributed by atoms with Crippen LogP contribution >= 0.6 is 0 Å². The third-order valence-electron chi connectivity index (χ3n) is 4.77. The molecule has 0 bridgehead atoms. The second-order valence-corrected chi connectivity index (χ2v) is 6.47. The number of aryl methyl sites for hydroxylation is 2. The van der Waals surface area contributed by atoms with Gasteiger partial charge in [0, 0.05) is 17.0 Å². The van der Waals surface area contributed by atoms with Crippen LogP contribution in [0.25, 0.3) is 11.0 Å². The van der Waals surface area contributed by atoms with Crippen molar-refractivity contribution in [3.8, 4) is 5.75 Å². The highest BCUT2D eigenvalue weighted by Gasteiger charge is 2.34. The molecule has 1 aromatic heterocycles. The molecular formula is C21H17NO5. The van der Waals surface area contributed by atoms with E-state index in [4.69, 9.17) is 9.15 Å². The van der Waals surface area contributed by atoms with E-state index in [1.807, 2.05) is 19.9 Å². The molecule has 2 aromatic carbocycles. The molecule has 0 saturated carbocycles. The number of nitrogens with zero attached hydrogens (tertiary/aromatic N) is 1. The Kier molecular flexibility index (Phi) is 4.03. The van der Waals surface area contributed by atoms with Gasteiger partial charge < -0.3 is 9.15 Å². The second kappa shape index (κ2) is 6.39. The molecule has 136 valence electrons. The van der Waals surface area contributed by atoms with Gasteiger partial charge in [0.05, 0.1) is 17.7 Å². The summed E-state index contributed by atoms with van der Waals surface area (Å²) in [6, 6.07) is 11.8. The summed E-state index contributed by atoms with van der Waals surface area (Å²) in [7, 11) is 0.